The first kappa shape index (κ1) is 15.2. The van der Waals surface area contributed by atoms with Gasteiger partial charge in [-0.1, -0.05) is 11.6 Å². The Kier molecular flexibility index (Phi) is 4.69. The molecule has 1 amide bonds. The van der Waals surface area contributed by atoms with Gasteiger partial charge < -0.3 is 9.30 Å². The van der Waals surface area contributed by atoms with Gasteiger partial charge in [-0.2, -0.15) is 4.98 Å². The quantitative estimate of drug-likeness (QED) is 0.860. The zero-order valence-corrected chi connectivity index (χ0v) is 11.6. The van der Waals surface area contributed by atoms with Crippen molar-refractivity contribution in [3.8, 4) is 5.88 Å². The molecule has 0 aliphatic carbocycles. The van der Waals surface area contributed by atoms with Crippen LogP contribution in [0.4, 0.5) is 14.7 Å². The number of carbonyl (C=O) groups is 1. The van der Waals surface area contributed by atoms with Gasteiger partial charge in [-0.15, -0.1) is 0 Å². The maximum Gasteiger partial charge on any atom is 0.274 e. The SMILES string of the molecule is COc1cc(Cl)nc(NC(=O)c2cccn2CC(F)F)n1. The van der Waals surface area contributed by atoms with E-state index in [2.05, 4.69) is 15.3 Å². The van der Waals surface area contributed by atoms with Crippen molar-refractivity contribution in [2.45, 2.75) is 13.0 Å². The first-order chi connectivity index (χ1) is 9.99. The van der Waals surface area contributed by atoms with Crippen molar-refractivity contribution < 1.29 is 18.3 Å². The number of nitrogens with one attached hydrogen (secondary N) is 1. The van der Waals surface area contributed by atoms with Crippen molar-refractivity contribution in [3.05, 3.63) is 35.2 Å². The standard InChI is InChI=1S/C12H11ClF2N4O2/c1-21-10-5-8(13)16-12(17-10)18-11(20)7-3-2-4-19(7)6-9(14)15/h2-5,9H,6H2,1H3,(H,16,17,18,20). The molecule has 21 heavy (non-hydrogen) atoms. The van der Waals surface area contributed by atoms with Crippen LogP contribution in [0.3, 0.4) is 0 Å². The maximum atomic E-state index is 12.4. The number of nitrogens with zero attached hydrogens (tertiary/aromatic N) is 3. The van der Waals surface area contributed by atoms with E-state index in [1.165, 1.54) is 31.5 Å². The third-order valence-corrected chi connectivity index (χ3v) is 2.70. The van der Waals surface area contributed by atoms with Crippen molar-refractivity contribution in [2.75, 3.05) is 12.4 Å². The largest absolute Gasteiger partial charge is 0.481 e. The zero-order valence-electron chi connectivity index (χ0n) is 10.9. The second-order valence-electron chi connectivity index (χ2n) is 3.95. The van der Waals surface area contributed by atoms with Crippen LogP contribution in [0, 0.1) is 0 Å². The van der Waals surface area contributed by atoms with E-state index in [-0.39, 0.29) is 22.7 Å². The molecule has 0 spiro atoms. The highest BCUT2D eigenvalue weighted by molar-refractivity contribution is 6.29. The van der Waals surface area contributed by atoms with E-state index < -0.39 is 18.9 Å². The van der Waals surface area contributed by atoms with Gasteiger partial charge >= 0.3 is 0 Å². The lowest BCUT2D eigenvalue weighted by molar-refractivity contribution is 0.0997. The van der Waals surface area contributed by atoms with Crippen LogP contribution in [0.1, 0.15) is 10.5 Å². The predicted octanol–water partition coefficient (Wildman–Crippen LogP) is 2.46. The molecule has 0 fully saturated rings. The summed E-state index contributed by atoms with van der Waals surface area (Å²) >= 11 is 5.75. The summed E-state index contributed by atoms with van der Waals surface area (Å²) in [6, 6.07) is 4.28. The number of rotatable bonds is 5. The number of hydrogen-bond acceptors (Lipinski definition) is 4. The molecule has 0 atom stereocenters. The van der Waals surface area contributed by atoms with Gasteiger partial charge in [0.2, 0.25) is 11.8 Å². The molecule has 2 heterocycles. The average molecular weight is 317 g/mol. The van der Waals surface area contributed by atoms with E-state index in [1.807, 2.05) is 0 Å². The number of alkyl halides is 2. The van der Waals surface area contributed by atoms with Crippen molar-refractivity contribution in [1.82, 2.24) is 14.5 Å². The lowest BCUT2D eigenvalue weighted by atomic mass is 10.4. The zero-order chi connectivity index (χ0) is 15.4. The molecular formula is C12H11ClF2N4O2. The summed E-state index contributed by atoms with van der Waals surface area (Å²) in [4.78, 5) is 19.7. The van der Waals surface area contributed by atoms with Gasteiger partial charge in [-0.3, -0.25) is 10.1 Å². The molecule has 0 aliphatic rings. The Bertz CT molecular complexity index is 648. The fourth-order valence-electron chi connectivity index (χ4n) is 1.65. The average Bonchev–Trinajstić information content (AvgIpc) is 2.85. The van der Waals surface area contributed by atoms with Crippen molar-refractivity contribution in [2.24, 2.45) is 0 Å². The Balaban J connectivity index is 2.18. The molecule has 2 aromatic rings. The van der Waals surface area contributed by atoms with Crippen LogP contribution in [0.15, 0.2) is 24.4 Å². The molecule has 2 rings (SSSR count). The number of ether oxygens (including phenoxy) is 1. The van der Waals surface area contributed by atoms with E-state index in [4.69, 9.17) is 16.3 Å². The molecule has 0 unspecified atom stereocenters. The highest BCUT2D eigenvalue weighted by Gasteiger charge is 2.15. The van der Waals surface area contributed by atoms with Crippen LogP contribution in [0.25, 0.3) is 0 Å². The first-order valence-electron chi connectivity index (χ1n) is 5.83. The van der Waals surface area contributed by atoms with Crippen LogP contribution < -0.4 is 10.1 Å². The summed E-state index contributed by atoms with van der Waals surface area (Å²) in [5, 5.41) is 2.47. The lowest BCUT2D eigenvalue weighted by Gasteiger charge is -2.09. The van der Waals surface area contributed by atoms with Gasteiger partial charge in [-0.25, -0.2) is 13.8 Å². The Morgan fingerprint density at radius 2 is 2.29 bits per heavy atom. The Hall–Kier alpha value is -2.22. The number of methoxy groups -OCH3 is 1. The number of hydrogen-bond donors (Lipinski definition) is 1. The van der Waals surface area contributed by atoms with E-state index in [1.54, 1.807) is 0 Å². The van der Waals surface area contributed by atoms with Crippen LogP contribution in [0.2, 0.25) is 5.15 Å². The Morgan fingerprint density at radius 3 is 2.95 bits per heavy atom. The third-order valence-electron chi connectivity index (χ3n) is 2.50. The molecule has 0 aliphatic heterocycles. The summed E-state index contributed by atoms with van der Waals surface area (Å²) in [7, 11) is 1.39. The van der Waals surface area contributed by atoms with E-state index in [0.717, 1.165) is 4.57 Å². The second-order valence-corrected chi connectivity index (χ2v) is 4.33. The smallest absolute Gasteiger partial charge is 0.274 e. The molecule has 0 bridgehead atoms. The highest BCUT2D eigenvalue weighted by atomic mass is 35.5. The predicted molar refractivity (Wildman–Crippen MR) is 72.0 cm³/mol. The molecular weight excluding hydrogens is 306 g/mol. The van der Waals surface area contributed by atoms with E-state index in [9.17, 15) is 13.6 Å². The summed E-state index contributed by atoms with van der Waals surface area (Å²) in [6.07, 6.45) is -1.17. The van der Waals surface area contributed by atoms with Crippen LogP contribution in [-0.4, -0.2) is 34.0 Å². The number of aromatic nitrogens is 3. The van der Waals surface area contributed by atoms with Crippen LogP contribution >= 0.6 is 11.6 Å². The van der Waals surface area contributed by atoms with Gasteiger partial charge in [0.15, 0.2) is 0 Å². The van der Waals surface area contributed by atoms with Gasteiger partial charge in [0, 0.05) is 12.3 Å². The molecule has 0 saturated heterocycles. The molecule has 0 saturated carbocycles. The second kappa shape index (κ2) is 6.49. The molecule has 1 N–H and O–H groups in total. The van der Waals surface area contributed by atoms with Crippen molar-refractivity contribution in [3.63, 3.8) is 0 Å². The topological polar surface area (TPSA) is 69.0 Å². The molecule has 112 valence electrons. The molecule has 0 aromatic carbocycles. The van der Waals surface area contributed by atoms with Gasteiger partial charge in [0.1, 0.15) is 10.8 Å². The molecule has 0 radical (unpaired) electrons. The highest BCUT2D eigenvalue weighted by Crippen LogP contribution is 2.16. The van der Waals surface area contributed by atoms with Crippen molar-refractivity contribution >= 4 is 23.5 Å². The first-order valence-corrected chi connectivity index (χ1v) is 6.20. The van der Waals surface area contributed by atoms with Crippen LogP contribution in [-0.2, 0) is 6.54 Å². The summed E-state index contributed by atoms with van der Waals surface area (Å²) in [5.41, 5.74) is 0.0674. The normalized spacial score (nSPS) is 10.7. The summed E-state index contributed by atoms with van der Waals surface area (Å²) < 4.78 is 30.9. The number of amides is 1. The van der Waals surface area contributed by atoms with Gasteiger partial charge in [0.05, 0.1) is 13.7 Å². The van der Waals surface area contributed by atoms with Gasteiger partial charge in [-0.05, 0) is 12.1 Å². The molecule has 9 heteroatoms. The minimum absolute atomic E-state index is 0.0674. The third kappa shape index (κ3) is 3.88. The van der Waals surface area contributed by atoms with Gasteiger partial charge in [0.25, 0.3) is 12.3 Å². The van der Waals surface area contributed by atoms with Crippen LogP contribution in [0.5, 0.6) is 5.88 Å². The minimum Gasteiger partial charge on any atom is -0.481 e. The van der Waals surface area contributed by atoms with Crippen molar-refractivity contribution in [1.29, 1.82) is 0 Å². The maximum absolute atomic E-state index is 12.4. The Morgan fingerprint density at radius 1 is 1.52 bits per heavy atom. The summed E-state index contributed by atoms with van der Waals surface area (Å²) in [6.45, 7) is -0.574. The fourth-order valence-corrected chi connectivity index (χ4v) is 1.82. The number of carbonyl (C=O) groups excluding carboxylic acids is 1. The fraction of sp³-hybridized carbons (Fsp3) is 0.250. The lowest BCUT2D eigenvalue weighted by Crippen LogP contribution is -2.20. The number of halogens is 3. The monoisotopic (exact) mass is 316 g/mol. The minimum atomic E-state index is -2.56. The number of anilines is 1. The molecule has 2 aromatic heterocycles. The van der Waals surface area contributed by atoms with E-state index in [0.29, 0.717) is 0 Å². The van der Waals surface area contributed by atoms with E-state index >= 15 is 0 Å². The Labute approximate surface area is 123 Å². The summed E-state index contributed by atoms with van der Waals surface area (Å²) in [5.74, 6) is -0.521. The molecule has 6 nitrogen and oxygen atoms in total.